The van der Waals surface area contributed by atoms with E-state index in [2.05, 4.69) is 15.5 Å². The van der Waals surface area contributed by atoms with Crippen LogP contribution in [0.2, 0.25) is 20.1 Å². The lowest BCUT2D eigenvalue weighted by atomic mass is 10.2. The van der Waals surface area contributed by atoms with Gasteiger partial charge in [0.15, 0.2) is 0 Å². The van der Waals surface area contributed by atoms with Crippen LogP contribution in [0.15, 0.2) is 41.6 Å². The highest BCUT2D eigenvalue weighted by Crippen LogP contribution is 2.36. The molecule has 0 aliphatic rings. The Bertz CT molecular complexity index is 959. The molecular weight excluding hydrogens is 427 g/mol. The molecule has 0 spiro atoms. The molecule has 0 fully saturated rings. The smallest absolute Gasteiger partial charge is 0.203 e. The van der Waals surface area contributed by atoms with Gasteiger partial charge in [-0.25, -0.2) is 9.37 Å². The lowest BCUT2D eigenvalue weighted by Gasteiger charge is -2.02. The molecule has 0 aliphatic carbocycles. The van der Waals surface area contributed by atoms with Crippen molar-refractivity contribution < 1.29 is 4.39 Å². The maximum absolute atomic E-state index is 13.6. The zero-order valence-electron chi connectivity index (χ0n) is 12.2. The maximum Gasteiger partial charge on any atom is 0.203 e. The SMILES string of the molecule is Fc1cc(-c2cnc(N/N=C/c3ccc(Cl)cc3Cl)s2)c(Cl)cc1Cl. The summed E-state index contributed by atoms with van der Waals surface area (Å²) in [4.78, 5) is 4.86. The topological polar surface area (TPSA) is 37.3 Å². The molecule has 25 heavy (non-hydrogen) atoms. The Morgan fingerprint density at radius 1 is 1.04 bits per heavy atom. The molecule has 0 amide bonds. The summed E-state index contributed by atoms with van der Waals surface area (Å²) in [6.07, 6.45) is 3.13. The standard InChI is InChI=1S/C16H8Cl4FN3S/c17-9-2-1-8(11(18)3-9)6-23-24-16-22-7-15(25-16)10-4-14(21)13(20)5-12(10)19/h1-7H,(H,22,24)/b23-6+. The lowest BCUT2D eigenvalue weighted by molar-refractivity contribution is 0.629. The van der Waals surface area contributed by atoms with Gasteiger partial charge in [-0.1, -0.05) is 63.8 Å². The predicted molar refractivity (Wildman–Crippen MR) is 105 cm³/mol. The van der Waals surface area contributed by atoms with E-state index in [1.807, 2.05) is 0 Å². The first-order valence-electron chi connectivity index (χ1n) is 6.79. The van der Waals surface area contributed by atoms with Gasteiger partial charge in [0.2, 0.25) is 5.13 Å². The summed E-state index contributed by atoms with van der Waals surface area (Å²) in [7, 11) is 0. The van der Waals surface area contributed by atoms with Crippen LogP contribution in [0, 0.1) is 5.82 Å². The van der Waals surface area contributed by atoms with Gasteiger partial charge < -0.3 is 0 Å². The molecule has 0 saturated heterocycles. The van der Waals surface area contributed by atoms with Gasteiger partial charge in [0.1, 0.15) is 5.82 Å². The van der Waals surface area contributed by atoms with Crippen molar-refractivity contribution >= 4 is 69.1 Å². The second kappa shape index (κ2) is 7.89. The van der Waals surface area contributed by atoms with Crippen LogP contribution in [0.5, 0.6) is 0 Å². The Balaban J connectivity index is 1.76. The molecule has 0 saturated carbocycles. The van der Waals surface area contributed by atoms with Gasteiger partial charge in [-0.3, -0.25) is 5.43 Å². The van der Waals surface area contributed by atoms with E-state index in [-0.39, 0.29) is 5.02 Å². The Morgan fingerprint density at radius 3 is 2.60 bits per heavy atom. The van der Waals surface area contributed by atoms with Gasteiger partial charge in [-0.05, 0) is 24.3 Å². The number of anilines is 1. The zero-order chi connectivity index (χ0) is 18.0. The van der Waals surface area contributed by atoms with E-state index < -0.39 is 5.82 Å². The van der Waals surface area contributed by atoms with Crippen LogP contribution in [0.3, 0.4) is 0 Å². The van der Waals surface area contributed by atoms with Crippen LogP contribution in [-0.2, 0) is 0 Å². The third-order valence-electron chi connectivity index (χ3n) is 3.11. The van der Waals surface area contributed by atoms with Crippen molar-refractivity contribution in [1.29, 1.82) is 0 Å². The molecule has 2 aromatic carbocycles. The number of rotatable bonds is 4. The van der Waals surface area contributed by atoms with Crippen LogP contribution in [-0.4, -0.2) is 11.2 Å². The molecule has 128 valence electrons. The fourth-order valence-electron chi connectivity index (χ4n) is 1.92. The maximum atomic E-state index is 13.6. The summed E-state index contributed by atoms with van der Waals surface area (Å²) in [5, 5.41) is 5.95. The number of thiazole rings is 1. The number of hydrogen-bond donors (Lipinski definition) is 1. The molecule has 0 bridgehead atoms. The summed E-state index contributed by atoms with van der Waals surface area (Å²) in [6, 6.07) is 7.73. The van der Waals surface area contributed by atoms with Crippen molar-refractivity contribution in [3.63, 3.8) is 0 Å². The van der Waals surface area contributed by atoms with Crippen molar-refractivity contribution in [2.45, 2.75) is 0 Å². The summed E-state index contributed by atoms with van der Waals surface area (Å²) in [5.74, 6) is -0.542. The molecule has 3 nitrogen and oxygen atoms in total. The van der Waals surface area contributed by atoms with Crippen molar-refractivity contribution in [3.05, 3.63) is 68.0 Å². The molecule has 1 N–H and O–H groups in total. The molecule has 0 aliphatic heterocycles. The molecule has 0 radical (unpaired) electrons. The molecule has 9 heteroatoms. The normalized spacial score (nSPS) is 11.2. The molecule has 0 atom stereocenters. The highest BCUT2D eigenvalue weighted by atomic mass is 35.5. The number of hydrazone groups is 1. The third-order valence-corrected chi connectivity index (χ3v) is 5.21. The lowest BCUT2D eigenvalue weighted by Crippen LogP contribution is -1.90. The largest absolute Gasteiger partial charge is 0.253 e. The average Bonchev–Trinajstić information content (AvgIpc) is 3.01. The van der Waals surface area contributed by atoms with E-state index in [4.69, 9.17) is 46.4 Å². The number of benzene rings is 2. The van der Waals surface area contributed by atoms with Gasteiger partial charge in [-0.15, -0.1) is 0 Å². The Kier molecular flexibility index (Phi) is 5.81. The molecular formula is C16H8Cl4FN3S. The Hall–Kier alpha value is -1.37. The Morgan fingerprint density at radius 2 is 1.84 bits per heavy atom. The minimum atomic E-state index is -0.542. The van der Waals surface area contributed by atoms with Crippen molar-refractivity contribution in [3.8, 4) is 10.4 Å². The number of nitrogens with zero attached hydrogens (tertiary/aromatic N) is 2. The fraction of sp³-hybridized carbons (Fsp3) is 0. The van der Waals surface area contributed by atoms with E-state index in [0.717, 1.165) is 0 Å². The highest BCUT2D eigenvalue weighted by molar-refractivity contribution is 7.18. The first kappa shape index (κ1) is 18.4. The van der Waals surface area contributed by atoms with Crippen molar-refractivity contribution in [1.82, 2.24) is 4.98 Å². The average molecular weight is 435 g/mol. The molecule has 3 rings (SSSR count). The molecule has 1 aromatic heterocycles. The van der Waals surface area contributed by atoms with Gasteiger partial charge in [-0.2, -0.15) is 5.10 Å². The quantitative estimate of drug-likeness (QED) is 0.272. The molecule has 0 unspecified atom stereocenters. The van der Waals surface area contributed by atoms with Gasteiger partial charge in [0.25, 0.3) is 0 Å². The molecule has 1 heterocycles. The zero-order valence-corrected chi connectivity index (χ0v) is 16.1. The van der Waals surface area contributed by atoms with Crippen LogP contribution < -0.4 is 5.43 Å². The summed E-state index contributed by atoms with van der Waals surface area (Å²) < 4.78 is 13.6. The van der Waals surface area contributed by atoms with E-state index in [1.54, 1.807) is 30.6 Å². The predicted octanol–water partition coefficient (Wildman–Crippen LogP) is 7.01. The van der Waals surface area contributed by atoms with Gasteiger partial charge in [0.05, 0.1) is 26.2 Å². The number of halogens is 5. The van der Waals surface area contributed by atoms with Crippen LogP contribution in [0.1, 0.15) is 5.56 Å². The highest BCUT2D eigenvalue weighted by Gasteiger charge is 2.12. The van der Waals surface area contributed by atoms with E-state index in [0.29, 0.717) is 36.2 Å². The van der Waals surface area contributed by atoms with Crippen molar-refractivity contribution in [2.75, 3.05) is 5.43 Å². The van der Waals surface area contributed by atoms with Crippen LogP contribution in [0.25, 0.3) is 10.4 Å². The second-order valence-corrected chi connectivity index (χ2v) is 7.50. The first-order valence-corrected chi connectivity index (χ1v) is 9.12. The summed E-state index contributed by atoms with van der Waals surface area (Å²) >= 11 is 25.0. The van der Waals surface area contributed by atoms with E-state index >= 15 is 0 Å². The van der Waals surface area contributed by atoms with E-state index in [1.165, 1.54) is 23.5 Å². The first-order chi connectivity index (χ1) is 11.9. The molecule has 3 aromatic rings. The minimum Gasteiger partial charge on any atom is -0.253 e. The second-order valence-electron chi connectivity index (χ2n) is 4.81. The van der Waals surface area contributed by atoms with Crippen LogP contribution >= 0.6 is 57.7 Å². The fourth-order valence-corrected chi connectivity index (χ4v) is 3.72. The van der Waals surface area contributed by atoms with Crippen LogP contribution in [0.4, 0.5) is 9.52 Å². The van der Waals surface area contributed by atoms with Crippen molar-refractivity contribution in [2.24, 2.45) is 5.10 Å². The number of hydrogen-bond acceptors (Lipinski definition) is 4. The minimum absolute atomic E-state index is 0.0268. The summed E-state index contributed by atoms with van der Waals surface area (Å²) in [5.41, 5.74) is 4.01. The van der Waals surface area contributed by atoms with E-state index in [9.17, 15) is 4.39 Å². The number of aromatic nitrogens is 1. The third kappa shape index (κ3) is 4.43. The van der Waals surface area contributed by atoms with Gasteiger partial charge >= 0.3 is 0 Å². The summed E-state index contributed by atoms with van der Waals surface area (Å²) in [6.45, 7) is 0. The monoisotopic (exact) mass is 433 g/mol. The number of nitrogens with one attached hydrogen (secondary N) is 1. The Labute approximate surface area is 167 Å². The van der Waals surface area contributed by atoms with Gasteiger partial charge in [0, 0.05) is 22.3 Å².